The van der Waals surface area contributed by atoms with E-state index in [0.29, 0.717) is 11.3 Å². The Morgan fingerprint density at radius 3 is 2.58 bits per heavy atom. The van der Waals surface area contributed by atoms with Gasteiger partial charge in [-0.25, -0.2) is 9.37 Å². The fourth-order valence-corrected chi connectivity index (χ4v) is 3.53. The van der Waals surface area contributed by atoms with Crippen LogP contribution < -0.4 is 11.1 Å². The lowest BCUT2D eigenvalue weighted by Gasteiger charge is -2.12. The maximum atomic E-state index is 14.6. The Kier molecular flexibility index (Phi) is 6.15. The van der Waals surface area contributed by atoms with Crippen LogP contribution in [-0.2, 0) is 12.7 Å². The van der Waals surface area contributed by atoms with Gasteiger partial charge in [-0.15, -0.1) is 6.42 Å². The number of amides is 2. The number of aromatic nitrogens is 4. The van der Waals surface area contributed by atoms with Crippen molar-refractivity contribution in [3.8, 4) is 12.3 Å². The second kappa shape index (κ2) is 9.10. The van der Waals surface area contributed by atoms with E-state index in [0.717, 1.165) is 16.8 Å². The lowest BCUT2D eigenvalue weighted by Crippen LogP contribution is -2.20. The number of carbonyl (C=O) groups excluding carboxylic acids is 2. The Morgan fingerprint density at radius 2 is 1.97 bits per heavy atom. The summed E-state index contributed by atoms with van der Waals surface area (Å²) in [7, 11) is 0. The van der Waals surface area contributed by atoms with Crippen LogP contribution in [0.1, 0.15) is 43.5 Å². The van der Waals surface area contributed by atoms with Crippen LogP contribution in [0.15, 0.2) is 42.6 Å². The highest BCUT2D eigenvalue weighted by Gasteiger charge is 2.39. The highest BCUT2D eigenvalue weighted by atomic mass is 19.4. The number of halogens is 4. The van der Waals surface area contributed by atoms with Crippen molar-refractivity contribution in [1.82, 2.24) is 19.7 Å². The van der Waals surface area contributed by atoms with Crippen LogP contribution in [0.3, 0.4) is 0 Å². The number of hydrogen-bond donors (Lipinski definition) is 2. The molecule has 12 heteroatoms. The van der Waals surface area contributed by atoms with E-state index in [4.69, 9.17) is 12.2 Å². The van der Waals surface area contributed by atoms with E-state index >= 15 is 0 Å². The van der Waals surface area contributed by atoms with E-state index in [1.807, 2.05) is 0 Å². The van der Waals surface area contributed by atoms with Gasteiger partial charge in [0, 0.05) is 17.1 Å². The topological polar surface area (TPSA) is 116 Å². The SMILES string of the molecule is C#Cc1ccc(Cn2nc(C(F)(F)F)c(NC(=O)c3cc(C(N)=O)nc4cccc(F)c34)c2C)nc1. The molecule has 2 amide bonds. The lowest BCUT2D eigenvalue weighted by atomic mass is 10.1. The van der Waals surface area contributed by atoms with Gasteiger partial charge in [0.2, 0.25) is 0 Å². The summed E-state index contributed by atoms with van der Waals surface area (Å²) in [5, 5.41) is 5.52. The van der Waals surface area contributed by atoms with Gasteiger partial charge in [0.05, 0.1) is 34.7 Å². The third kappa shape index (κ3) is 4.58. The Hall–Kier alpha value is -4.79. The van der Waals surface area contributed by atoms with Crippen molar-refractivity contribution in [2.24, 2.45) is 5.73 Å². The largest absolute Gasteiger partial charge is 0.437 e. The van der Waals surface area contributed by atoms with E-state index in [2.05, 4.69) is 26.3 Å². The van der Waals surface area contributed by atoms with Crippen molar-refractivity contribution in [1.29, 1.82) is 0 Å². The highest BCUT2D eigenvalue weighted by molar-refractivity contribution is 6.14. The van der Waals surface area contributed by atoms with Gasteiger partial charge >= 0.3 is 6.18 Å². The molecule has 0 aliphatic carbocycles. The van der Waals surface area contributed by atoms with Gasteiger partial charge in [0.25, 0.3) is 11.8 Å². The van der Waals surface area contributed by atoms with E-state index in [9.17, 15) is 27.2 Å². The number of fused-ring (bicyclic) bond motifs is 1. The molecule has 1 aromatic carbocycles. The Morgan fingerprint density at radius 1 is 1.22 bits per heavy atom. The molecule has 0 aliphatic heterocycles. The first-order valence-electron chi connectivity index (χ1n) is 10.3. The number of benzene rings is 1. The lowest BCUT2D eigenvalue weighted by molar-refractivity contribution is -0.140. The van der Waals surface area contributed by atoms with Gasteiger partial charge in [-0.05, 0) is 37.3 Å². The molecule has 3 aromatic heterocycles. The fourth-order valence-electron chi connectivity index (χ4n) is 3.53. The molecule has 0 saturated heterocycles. The average molecular weight is 496 g/mol. The molecule has 3 heterocycles. The Balaban J connectivity index is 1.78. The van der Waals surface area contributed by atoms with Crippen LogP contribution in [0, 0.1) is 25.1 Å². The quantitative estimate of drug-likeness (QED) is 0.323. The number of nitrogens with one attached hydrogen (secondary N) is 1. The van der Waals surface area contributed by atoms with Crippen LogP contribution in [0.4, 0.5) is 23.2 Å². The number of alkyl halides is 3. The number of nitrogens with zero attached hydrogens (tertiary/aromatic N) is 4. The average Bonchev–Trinajstić information content (AvgIpc) is 3.14. The second-order valence-electron chi connectivity index (χ2n) is 7.65. The number of pyridine rings is 2. The number of hydrogen-bond acceptors (Lipinski definition) is 5. The number of primary amides is 1. The van der Waals surface area contributed by atoms with E-state index in [1.165, 1.54) is 25.3 Å². The maximum absolute atomic E-state index is 14.6. The van der Waals surface area contributed by atoms with Gasteiger partial charge in [0.15, 0.2) is 5.69 Å². The summed E-state index contributed by atoms with van der Waals surface area (Å²) >= 11 is 0. The third-order valence-corrected chi connectivity index (χ3v) is 5.30. The molecular weight excluding hydrogens is 480 g/mol. The molecule has 0 radical (unpaired) electrons. The summed E-state index contributed by atoms with van der Waals surface area (Å²) in [6.07, 6.45) is 1.75. The molecule has 0 atom stereocenters. The number of carbonyl (C=O) groups is 2. The predicted molar refractivity (Wildman–Crippen MR) is 121 cm³/mol. The van der Waals surface area contributed by atoms with Crippen molar-refractivity contribution in [2.75, 3.05) is 5.32 Å². The summed E-state index contributed by atoms with van der Waals surface area (Å²) in [4.78, 5) is 32.8. The van der Waals surface area contributed by atoms with Gasteiger partial charge in [0.1, 0.15) is 11.5 Å². The molecule has 8 nitrogen and oxygen atoms in total. The van der Waals surface area contributed by atoms with E-state index in [-0.39, 0.29) is 28.8 Å². The third-order valence-electron chi connectivity index (χ3n) is 5.30. The van der Waals surface area contributed by atoms with Crippen LogP contribution in [0.25, 0.3) is 10.9 Å². The van der Waals surface area contributed by atoms with Crippen molar-refractivity contribution in [3.05, 3.63) is 82.3 Å². The summed E-state index contributed by atoms with van der Waals surface area (Å²) in [5.41, 5.74) is 3.26. The summed E-state index contributed by atoms with van der Waals surface area (Å²) in [6, 6.07) is 7.73. The monoisotopic (exact) mass is 496 g/mol. The van der Waals surface area contributed by atoms with Crippen molar-refractivity contribution >= 4 is 28.4 Å². The Labute approximate surface area is 201 Å². The molecule has 0 aliphatic rings. The summed E-state index contributed by atoms with van der Waals surface area (Å²) in [6.45, 7) is 1.18. The van der Waals surface area contributed by atoms with Crippen molar-refractivity contribution < 1.29 is 27.2 Å². The molecule has 0 fully saturated rings. The van der Waals surface area contributed by atoms with Crippen molar-refractivity contribution in [2.45, 2.75) is 19.6 Å². The first-order valence-corrected chi connectivity index (χ1v) is 10.3. The normalized spacial score (nSPS) is 11.3. The van der Waals surface area contributed by atoms with Crippen LogP contribution >= 0.6 is 0 Å². The molecule has 0 spiro atoms. The first-order chi connectivity index (χ1) is 17.0. The minimum atomic E-state index is -4.93. The number of nitrogens with two attached hydrogens (primary N) is 1. The maximum Gasteiger partial charge on any atom is 0.437 e. The molecule has 3 N–H and O–H groups in total. The molecule has 36 heavy (non-hydrogen) atoms. The molecule has 4 rings (SSSR count). The van der Waals surface area contributed by atoms with Gasteiger partial charge < -0.3 is 11.1 Å². The first kappa shape index (κ1) is 24.3. The zero-order valence-electron chi connectivity index (χ0n) is 18.5. The van der Waals surface area contributed by atoms with Gasteiger partial charge in [-0.3, -0.25) is 19.3 Å². The molecule has 0 saturated carbocycles. The zero-order chi connectivity index (χ0) is 26.2. The summed E-state index contributed by atoms with van der Waals surface area (Å²) in [5.74, 6) is -0.582. The van der Waals surface area contributed by atoms with E-state index < -0.39 is 40.8 Å². The molecular formula is C24H16F4N6O2. The smallest absolute Gasteiger partial charge is 0.364 e. The number of anilines is 1. The Bertz CT molecular complexity index is 1550. The van der Waals surface area contributed by atoms with Gasteiger partial charge in [-0.1, -0.05) is 12.0 Å². The minimum Gasteiger partial charge on any atom is -0.364 e. The minimum absolute atomic E-state index is 0.0348. The zero-order valence-corrected chi connectivity index (χ0v) is 18.5. The number of terminal acetylenes is 1. The molecule has 4 aromatic rings. The molecule has 0 bridgehead atoms. The van der Waals surface area contributed by atoms with Crippen LogP contribution in [-0.4, -0.2) is 31.6 Å². The highest BCUT2D eigenvalue weighted by Crippen LogP contribution is 2.36. The van der Waals surface area contributed by atoms with Crippen LogP contribution in [0.2, 0.25) is 0 Å². The predicted octanol–water partition coefficient (Wildman–Crippen LogP) is 3.67. The van der Waals surface area contributed by atoms with Gasteiger partial charge in [-0.2, -0.15) is 18.3 Å². The second-order valence-corrected chi connectivity index (χ2v) is 7.65. The molecule has 182 valence electrons. The summed E-state index contributed by atoms with van der Waals surface area (Å²) < 4.78 is 57.1. The van der Waals surface area contributed by atoms with Crippen LogP contribution in [0.5, 0.6) is 0 Å². The number of rotatable bonds is 5. The fraction of sp³-hybridized carbons (Fsp3) is 0.125. The van der Waals surface area contributed by atoms with Crippen molar-refractivity contribution in [3.63, 3.8) is 0 Å². The van der Waals surface area contributed by atoms with E-state index in [1.54, 1.807) is 12.1 Å². The standard InChI is InChI=1S/C24H16F4N6O2/c1-3-13-7-8-14(30-10-13)11-34-12(2)20(21(33-34)24(26,27)28)32-23(36)15-9-18(22(29)35)31-17-6-4-5-16(25)19(15)17/h1,4-10H,11H2,2H3,(H2,29,35)(H,32,36). The molecule has 0 unspecified atom stereocenters.